The second-order valence-corrected chi connectivity index (χ2v) is 5.17. The summed E-state index contributed by atoms with van der Waals surface area (Å²) < 4.78 is 4.95. The van der Waals surface area contributed by atoms with E-state index in [4.69, 9.17) is 4.52 Å². The highest BCUT2D eigenvalue weighted by Crippen LogP contribution is 2.23. The summed E-state index contributed by atoms with van der Waals surface area (Å²) in [6.07, 6.45) is 1.51. The maximum absolute atomic E-state index is 11.9. The normalized spacial score (nSPS) is 10.9. The third-order valence-corrected chi connectivity index (χ3v) is 3.10. The van der Waals surface area contributed by atoms with Gasteiger partial charge in [0.05, 0.1) is 5.56 Å². The van der Waals surface area contributed by atoms with E-state index in [1.807, 2.05) is 31.2 Å². The van der Waals surface area contributed by atoms with Gasteiger partial charge in [-0.3, -0.25) is 4.79 Å². The van der Waals surface area contributed by atoms with Gasteiger partial charge in [0.25, 0.3) is 5.91 Å². The Morgan fingerprint density at radius 3 is 2.62 bits per heavy atom. The van der Waals surface area contributed by atoms with Crippen molar-refractivity contribution >= 4 is 5.91 Å². The van der Waals surface area contributed by atoms with Gasteiger partial charge in [0.1, 0.15) is 6.26 Å². The second kappa shape index (κ2) is 7.04. The Morgan fingerprint density at radius 2 is 2.00 bits per heavy atom. The van der Waals surface area contributed by atoms with Crippen LogP contribution in [0.2, 0.25) is 0 Å². The van der Waals surface area contributed by atoms with E-state index >= 15 is 0 Å². The molecule has 0 radical (unpaired) electrons. The topological polar surface area (TPSA) is 67.2 Å². The zero-order chi connectivity index (χ0) is 15.2. The molecule has 5 nitrogen and oxygen atoms in total. The molecule has 1 amide bonds. The molecule has 2 aromatic rings. The van der Waals surface area contributed by atoms with E-state index in [9.17, 15) is 4.79 Å². The van der Waals surface area contributed by atoms with Gasteiger partial charge >= 0.3 is 0 Å². The predicted molar refractivity (Wildman–Crippen MR) is 81.9 cm³/mol. The van der Waals surface area contributed by atoms with Crippen molar-refractivity contribution < 1.29 is 9.32 Å². The SMILES string of the molecule is CCNC(=O)c1nocc1-c1ccc(CNC(C)C)cc1. The summed E-state index contributed by atoms with van der Waals surface area (Å²) in [5.74, 6) is -0.216. The molecule has 1 heterocycles. The van der Waals surface area contributed by atoms with E-state index in [1.165, 1.54) is 11.8 Å². The first-order chi connectivity index (χ1) is 10.1. The van der Waals surface area contributed by atoms with Crippen molar-refractivity contribution in [2.45, 2.75) is 33.4 Å². The number of benzene rings is 1. The van der Waals surface area contributed by atoms with Crippen molar-refractivity contribution in [1.82, 2.24) is 15.8 Å². The van der Waals surface area contributed by atoms with Crippen molar-refractivity contribution in [3.8, 4) is 11.1 Å². The Morgan fingerprint density at radius 1 is 1.29 bits per heavy atom. The summed E-state index contributed by atoms with van der Waals surface area (Å²) in [5, 5.41) is 9.89. The van der Waals surface area contributed by atoms with Crippen molar-refractivity contribution in [1.29, 1.82) is 0 Å². The second-order valence-electron chi connectivity index (χ2n) is 5.17. The highest BCUT2D eigenvalue weighted by atomic mass is 16.5. The monoisotopic (exact) mass is 287 g/mol. The van der Waals surface area contributed by atoms with Crippen molar-refractivity contribution in [2.75, 3.05) is 6.54 Å². The van der Waals surface area contributed by atoms with Gasteiger partial charge in [-0.05, 0) is 18.1 Å². The van der Waals surface area contributed by atoms with Gasteiger partial charge in [0.2, 0.25) is 0 Å². The zero-order valence-corrected chi connectivity index (χ0v) is 12.6. The fourth-order valence-corrected chi connectivity index (χ4v) is 1.97. The van der Waals surface area contributed by atoms with E-state index in [1.54, 1.807) is 0 Å². The molecule has 5 heteroatoms. The Kier molecular flexibility index (Phi) is 5.11. The molecule has 0 aliphatic carbocycles. The first kappa shape index (κ1) is 15.3. The van der Waals surface area contributed by atoms with Crippen LogP contribution in [0.4, 0.5) is 0 Å². The van der Waals surface area contributed by atoms with Crippen LogP contribution in [0, 0.1) is 0 Å². The predicted octanol–water partition coefficient (Wildman–Crippen LogP) is 2.59. The van der Waals surface area contributed by atoms with E-state index < -0.39 is 0 Å². The molecule has 0 unspecified atom stereocenters. The maximum Gasteiger partial charge on any atom is 0.274 e. The summed E-state index contributed by atoms with van der Waals surface area (Å²) in [7, 11) is 0. The lowest BCUT2D eigenvalue weighted by atomic mass is 10.0. The van der Waals surface area contributed by atoms with E-state index in [0.717, 1.165) is 12.1 Å². The number of nitrogens with one attached hydrogen (secondary N) is 2. The van der Waals surface area contributed by atoms with E-state index in [-0.39, 0.29) is 5.91 Å². The van der Waals surface area contributed by atoms with Crippen LogP contribution >= 0.6 is 0 Å². The van der Waals surface area contributed by atoms with Crippen LogP contribution in [0.3, 0.4) is 0 Å². The van der Waals surface area contributed by atoms with Gasteiger partial charge in [-0.1, -0.05) is 43.3 Å². The van der Waals surface area contributed by atoms with Crippen LogP contribution in [0.15, 0.2) is 35.1 Å². The number of aromatic nitrogens is 1. The lowest BCUT2D eigenvalue weighted by molar-refractivity contribution is 0.0947. The molecule has 0 aliphatic heterocycles. The number of hydrogen-bond donors (Lipinski definition) is 2. The van der Waals surface area contributed by atoms with Gasteiger partial charge < -0.3 is 15.2 Å². The third-order valence-electron chi connectivity index (χ3n) is 3.10. The Bertz CT molecular complexity index is 588. The lowest BCUT2D eigenvalue weighted by Gasteiger charge is -2.08. The number of amides is 1. The van der Waals surface area contributed by atoms with Crippen LogP contribution < -0.4 is 10.6 Å². The number of carbonyl (C=O) groups excluding carboxylic acids is 1. The molecule has 0 spiro atoms. The smallest absolute Gasteiger partial charge is 0.274 e. The molecule has 0 bridgehead atoms. The Hall–Kier alpha value is -2.14. The Balaban J connectivity index is 2.16. The minimum absolute atomic E-state index is 0.216. The molecular formula is C16H21N3O2. The average molecular weight is 287 g/mol. The van der Waals surface area contributed by atoms with Gasteiger partial charge in [0, 0.05) is 19.1 Å². The van der Waals surface area contributed by atoms with Gasteiger partial charge in [0.15, 0.2) is 5.69 Å². The molecular weight excluding hydrogens is 266 g/mol. The summed E-state index contributed by atoms with van der Waals surface area (Å²) in [5.41, 5.74) is 3.16. The molecule has 0 saturated carbocycles. The summed E-state index contributed by atoms with van der Waals surface area (Å²) in [6.45, 7) is 7.48. The number of nitrogens with zero attached hydrogens (tertiary/aromatic N) is 1. The van der Waals surface area contributed by atoms with Crippen molar-refractivity contribution in [2.24, 2.45) is 0 Å². The van der Waals surface area contributed by atoms with E-state index in [2.05, 4.69) is 29.6 Å². The summed E-state index contributed by atoms with van der Waals surface area (Å²) in [6, 6.07) is 8.49. The van der Waals surface area contributed by atoms with Crippen molar-refractivity contribution in [3.63, 3.8) is 0 Å². The van der Waals surface area contributed by atoms with Crippen LogP contribution in [0.1, 0.15) is 36.8 Å². The summed E-state index contributed by atoms with van der Waals surface area (Å²) in [4.78, 5) is 11.9. The molecule has 112 valence electrons. The molecule has 2 rings (SSSR count). The molecule has 0 atom stereocenters. The van der Waals surface area contributed by atoms with Crippen LogP contribution in [0.5, 0.6) is 0 Å². The first-order valence-electron chi connectivity index (χ1n) is 7.17. The number of rotatable bonds is 6. The zero-order valence-electron chi connectivity index (χ0n) is 12.6. The van der Waals surface area contributed by atoms with Gasteiger partial charge in [-0.25, -0.2) is 0 Å². The van der Waals surface area contributed by atoms with Crippen LogP contribution in [-0.2, 0) is 6.54 Å². The Labute approximate surface area is 124 Å². The van der Waals surface area contributed by atoms with Gasteiger partial charge in [-0.2, -0.15) is 0 Å². The van der Waals surface area contributed by atoms with Crippen LogP contribution in [-0.4, -0.2) is 23.7 Å². The molecule has 0 fully saturated rings. The van der Waals surface area contributed by atoms with Crippen LogP contribution in [0.25, 0.3) is 11.1 Å². The standard InChI is InChI=1S/C16H21N3O2/c1-4-17-16(20)15-14(10-21-19-15)13-7-5-12(6-8-13)9-18-11(2)3/h5-8,10-11,18H,4,9H2,1-3H3,(H,17,20). The highest BCUT2D eigenvalue weighted by molar-refractivity contribution is 5.98. The minimum Gasteiger partial charge on any atom is -0.363 e. The maximum atomic E-state index is 11.9. The number of hydrogen-bond acceptors (Lipinski definition) is 4. The molecule has 0 saturated heterocycles. The third kappa shape index (κ3) is 3.92. The van der Waals surface area contributed by atoms with Gasteiger partial charge in [-0.15, -0.1) is 0 Å². The fourth-order valence-electron chi connectivity index (χ4n) is 1.97. The molecule has 21 heavy (non-hydrogen) atoms. The largest absolute Gasteiger partial charge is 0.363 e. The fraction of sp³-hybridized carbons (Fsp3) is 0.375. The molecule has 2 N–H and O–H groups in total. The first-order valence-corrected chi connectivity index (χ1v) is 7.17. The van der Waals surface area contributed by atoms with E-state index in [0.29, 0.717) is 23.8 Å². The molecule has 0 aliphatic rings. The molecule has 1 aromatic carbocycles. The minimum atomic E-state index is -0.216. The number of carbonyl (C=O) groups is 1. The quantitative estimate of drug-likeness (QED) is 0.857. The average Bonchev–Trinajstić information content (AvgIpc) is 2.95. The lowest BCUT2D eigenvalue weighted by Crippen LogP contribution is -2.23. The molecule has 1 aromatic heterocycles. The summed E-state index contributed by atoms with van der Waals surface area (Å²) >= 11 is 0. The van der Waals surface area contributed by atoms with Crippen molar-refractivity contribution in [3.05, 3.63) is 41.8 Å². The highest BCUT2D eigenvalue weighted by Gasteiger charge is 2.16.